The number of benzene rings is 1. The molecular formula is C18H24N4O3. The van der Waals surface area contributed by atoms with Crippen LogP contribution in [0.2, 0.25) is 0 Å². The van der Waals surface area contributed by atoms with E-state index < -0.39 is 0 Å². The van der Waals surface area contributed by atoms with Crippen molar-refractivity contribution in [3.63, 3.8) is 0 Å². The van der Waals surface area contributed by atoms with Crippen LogP contribution < -0.4 is 5.32 Å². The smallest absolute Gasteiger partial charge is 0.317 e. The van der Waals surface area contributed by atoms with Crippen LogP contribution >= 0.6 is 0 Å². The van der Waals surface area contributed by atoms with Crippen LogP contribution in [0.15, 0.2) is 34.9 Å². The zero-order valence-electron chi connectivity index (χ0n) is 14.6. The van der Waals surface area contributed by atoms with Gasteiger partial charge in [0.15, 0.2) is 0 Å². The first-order chi connectivity index (χ1) is 12.1. The highest BCUT2D eigenvalue weighted by molar-refractivity contribution is 5.74. The lowest BCUT2D eigenvalue weighted by atomic mass is 10.2. The highest BCUT2D eigenvalue weighted by Crippen LogP contribution is 2.19. The van der Waals surface area contributed by atoms with Crippen LogP contribution in [0.1, 0.15) is 32.1 Å². The van der Waals surface area contributed by atoms with E-state index in [-0.39, 0.29) is 18.1 Å². The van der Waals surface area contributed by atoms with Crippen molar-refractivity contribution in [3.8, 4) is 11.4 Å². The molecule has 0 bridgehead atoms. The number of ether oxygens (including phenoxy) is 1. The normalized spacial score (nSPS) is 19.3. The van der Waals surface area contributed by atoms with Gasteiger partial charge in [0.1, 0.15) is 0 Å². The van der Waals surface area contributed by atoms with Crippen molar-refractivity contribution < 1.29 is 14.1 Å². The molecule has 134 valence electrons. The lowest BCUT2D eigenvalue weighted by molar-refractivity contribution is 0.0710. The molecule has 2 heterocycles. The van der Waals surface area contributed by atoms with E-state index in [1.165, 1.54) is 0 Å². The molecule has 1 aliphatic heterocycles. The predicted molar refractivity (Wildman–Crippen MR) is 93.2 cm³/mol. The Balaban J connectivity index is 1.55. The van der Waals surface area contributed by atoms with Crippen LogP contribution in [0.4, 0.5) is 4.79 Å². The molecule has 25 heavy (non-hydrogen) atoms. The van der Waals surface area contributed by atoms with Crippen molar-refractivity contribution in [2.75, 3.05) is 26.2 Å². The van der Waals surface area contributed by atoms with Crippen LogP contribution in [0.3, 0.4) is 0 Å². The summed E-state index contributed by atoms with van der Waals surface area (Å²) in [6.07, 6.45) is 0.923. The van der Waals surface area contributed by atoms with Crippen LogP contribution in [-0.4, -0.2) is 53.4 Å². The van der Waals surface area contributed by atoms with Gasteiger partial charge in [0.2, 0.25) is 11.7 Å². The third-order valence-electron chi connectivity index (χ3n) is 4.19. The summed E-state index contributed by atoms with van der Waals surface area (Å²) in [6, 6.07) is 9.60. The van der Waals surface area contributed by atoms with Gasteiger partial charge in [-0.25, -0.2) is 4.79 Å². The van der Waals surface area contributed by atoms with Gasteiger partial charge in [-0.05, 0) is 13.3 Å². The van der Waals surface area contributed by atoms with Crippen molar-refractivity contribution in [1.82, 2.24) is 20.4 Å². The Labute approximate surface area is 147 Å². The Morgan fingerprint density at radius 1 is 1.40 bits per heavy atom. The molecule has 2 atom stereocenters. The average molecular weight is 344 g/mol. The van der Waals surface area contributed by atoms with E-state index in [0.29, 0.717) is 38.0 Å². The molecule has 0 unspecified atom stereocenters. The SMILES string of the molecule is C[C@@H]1CN(C(=O)NC[C@H](C)c2nc(-c3ccccc3)no2)CCCO1. The lowest BCUT2D eigenvalue weighted by Crippen LogP contribution is -2.43. The molecule has 0 radical (unpaired) electrons. The largest absolute Gasteiger partial charge is 0.377 e. The summed E-state index contributed by atoms with van der Waals surface area (Å²) < 4.78 is 10.9. The third kappa shape index (κ3) is 4.57. The Hall–Kier alpha value is -2.41. The lowest BCUT2D eigenvalue weighted by Gasteiger charge is -2.23. The predicted octanol–water partition coefficient (Wildman–Crippen LogP) is 2.66. The van der Waals surface area contributed by atoms with Gasteiger partial charge in [-0.15, -0.1) is 0 Å². The van der Waals surface area contributed by atoms with Crippen LogP contribution in [0, 0.1) is 0 Å². The van der Waals surface area contributed by atoms with E-state index in [2.05, 4.69) is 15.5 Å². The summed E-state index contributed by atoms with van der Waals surface area (Å²) in [5.74, 6) is 1.02. The quantitative estimate of drug-likeness (QED) is 0.922. The molecule has 0 aliphatic carbocycles. The summed E-state index contributed by atoms with van der Waals surface area (Å²) >= 11 is 0. The molecule has 1 aromatic carbocycles. The molecule has 1 saturated heterocycles. The van der Waals surface area contributed by atoms with E-state index in [9.17, 15) is 4.79 Å². The molecule has 2 aromatic rings. The highest BCUT2D eigenvalue weighted by Gasteiger charge is 2.21. The maximum absolute atomic E-state index is 12.4. The van der Waals surface area contributed by atoms with Gasteiger partial charge in [0.25, 0.3) is 0 Å². The van der Waals surface area contributed by atoms with Crippen molar-refractivity contribution >= 4 is 6.03 Å². The Morgan fingerprint density at radius 3 is 3.00 bits per heavy atom. The fourth-order valence-electron chi connectivity index (χ4n) is 2.76. The van der Waals surface area contributed by atoms with Gasteiger partial charge in [-0.1, -0.05) is 42.4 Å². The van der Waals surface area contributed by atoms with Crippen molar-refractivity contribution in [3.05, 3.63) is 36.2 Å². The van der Waals surface area contributed by atoms with E-state index >= 15 is 0 Å². The van der Waals surface area contributed by atoms with Crippen LogP contribution in [-0.2, 0) is 4.74 Å². The number of rotatable bonds is 4. The topological polar surface area (TPSA) is 80.5 Å². The molecule has 7 heteroatoms. The van der Waals surface area contributed by atoms with Gasteiger partial charge >= 0.3 is 6.03 Å². The minimum absolute atomic E-state index is 0.0606. The Bertz CT molecular complexity index is 689. The minimum atomic E-state index is -0.0769. The summed E-state index contributed by atoms with van der Waals surface area (Å²) in [5, 5.41) is 6.97. The average Bonchev–Trinajstić information content (AvgIpc) is 3.03. The molecule has 1 aliphatic rings. The van der Waals surface area contributed by atoms with Crippen LogP contribution in [0.25, 0.3) is 11.4 Å². The number of amides is 2. The summed E-state index contributed by atoms with van der Waals surface area (Å²) in [4.78, 5) is 18.6. The monoisotopic (exact) mass is 344 g/mol. The second-order valence-electron chi connectivity index (χ2n) is 6.39. The molecule has 7 nitrogen and oxygen atoms in total. The number of hydrogen-bond acceptors (Lipinski definition) is 5. The molecule has 0 spiro atoms. The molecule has 1 N–H and O–H groups in total. The number of hydrogen-bond donors (Lipinski definition) is 1. The number of nitrogens with zero attached hydrogens (tertiary/aromatic N) is 3. The highest BCUT2D eigenvalue weighted by atomic mass is 16.5. The van der Waals surface area contributed by atoms with Gasteiger partial charge in [-0.2, -0.15) is 4.98 Å². The van der Waals surface area contributed by atoms with Gasteiger partial charge < -0.3 is 19.5 Å². The van der Waals surface area contributed by atoms with E-state index in [1.807, 2.05) is 44.2 Å². The number of aromatic nitrogens is 2. The minimum Gasteiger partial charge on any atom is -0.377 e. The number of carbonyl (C=O) groups is 1. The van der Waals surface area contributed by atoms with Crippen molar-refractivity contribution in [2.24, 2.45) is 0 Å². The number of urea groups is 1. The van der Waals surface area contributed by atoms with Gasteiger partial charge in [0, 0.05) is 31.8 Å². The van der Waals surface area contributed by atoms with Crippen LogP contribution in [0.5, 0.6) is 0 Å². The maximum atomic E-state index is 12.4. The Morgan fingerprint density at radius 2 is 2.20 bits per heavy atom. The zero-order chi connectivity index (χ0) is 17.6. The van der Waals surface area contributed by atoms with E-state index in [0.717, 1.165) is 12.0 Å². The molecule has 3 rings (SSSR count). The molecule has 1 aromatic heterocycles. The maximum Gasteiger partial charge on any atom is 0.317 e. The summed E-state index contributed by atoms with van der Waals surface area (Å²) in [5.41, 5.74) is 0.910. The number of nitrogens with one attached hydrogen (secondary N) is 1. The first kappa shape index (κ1) is 17.4. The van der Waals surface area contributed by atoms with Crippen molar-refractivity contribution in [2.45, 2.75) is 32.3 Å². The molecule has 1 fully saturated rings. The Kier molecular flexibility index (Phi) is 5.65. The first-order valence-electron chi connectivity index (χ1n) is 8.67. The molecular weight excluding hydrogens is 320 g/mol. The van der Waals surface area contributed by atoms with E-state index in [1.54, 1.807) is 4.90 Å². The van der Waals surface area contributed by atoms with Gasteiger partial charge in [-0.3, -0.25) is 0 Å². The van der Waals surface area contributed by atoms with Gasteiger partial charge in [0.05, 0.1) is 12.0 Å². The first-order valence-corrected chi connectivity index (χ1v) is 8.67. The number of carbonyl (C=O) groups excluding carboxylic acids is 1. The second kappa shape index (κ2) is 8.11. The zero-order valence-corrected chi connectivity index (χ0v) is 14.6. The standard InChI is InChI=1S/C18H24N4O3/c1-13(11-19-18(23)22-9-6-10-24-14(2)12-22)17-20-16(21-25-17)15-7-4-3-5-8-15/h3-5,7-8,13-14H,6,9-12H2,1-2H3,(H,19,23)/t13-,14+/m0/s1. The van der Waals surface area contributed by atoms with E-state index in [4.69, 9.17) is 9.26 Å². The fraction of sp³-hybridized carbons (Fsp3) is 0.500. The second-order valence-corrected chi connectivity index (χ2v) is 6.39. The molecule has 0 saturated carbocycles. The third-order valence-corrected chi connectivity index (χ3v) is 4.19. The summed E-state index contributed by atoms with van der Waals surface area (Å²) in [6.45, 7) is 6.41. The summed E-state index contributed by atoms with van der Waals surface area (Å²) in [7, 11) is 0. The van der Waals surface area contributed by atoms with Crippen molar-refractivity contribution in [1.29, 1.82) is 0 Å². The fourth-order valence-corrected chi connectivity index (χ4v) is 2.76. The molecule has 2 amide bonds.